The molecule has 1 aliphatic heterocycles. The number of nitrogens with zero attached hydrogens (tertiary/aromatic N) is 4. The predicted octanol–water partition coefficient (Wildman–Crippen LogP) is 0.467. The number of carboxylic acids is 1. The molecule has 3 heterocycles. The van der Waals surface area contributed by atoms with Gasteiger partial charge in [0.15, 0.2) is 10.7 Å². The van der Waals surface area contributed by atoms with Gasteiger partial charge in [-0.1, -0.05) is 11.3 Å². The molecule has 0 spiro atoms. The second-order valence-electron chi connectivity index (χ2n) is 6.64. The van der Waals surface area contributed by atoms with E-state index in [0.29, 0.717) is 41.8 Å². The number of aliphatic carboxylic acids is 1. The van der Waals surface area contributed by atoms with Gasteiger partial charge >= 0.3 is 5.97 Å². The van der Waals surface area contributed by atoms with E-state index in [2.05, 4.69) is 20.5 Å². The summed E-state index contributed by atoms with van der Waals surface area (Å²) in [5.74, 6) is -0.942. The fraction of sp³-hybridized carbons (Fsp3) is 0.500. The lowest BCUT2D eigenvalue weighted by molar-refractivity contribution is -0.134. The molecule has 1 aliphatic rings. The quantitative estimate of drug-likeness (QED) is 0.505. The molecule has 0 bridgehead atoms. The number of aromatic nitrogens is 3. The van der Waals surface area contributed by atoms with Gasteiger partial charge in [0.1, 0.15) is 17.2 Å². The van der Waals surface area contributed by atoms with E-state index in [1.165, 1.54) is 18.4 Å². The monoisotopic (exact) mass is 436 g/mol. The zero-order chi connectivity index (χ0) is 21.7. The van der Waals surface area contributed by atoms with Crippen molar-refractivity contribution in [2.24, 2.45) is 5.73 Å². The van der Waals surface area contributed by atoms with Crippen LogP contribution in [0.25, 0.3) is 10.7 Å². The highest BCUT2D eigenvalue weighted by Gasteiger charge is 2.28. The number of nitrogens with one attached hydrogen (secondary N) is 1. The first-order chi connectivity index (χ1) is 14.5. The van der Waals surface area contributed by atoms with Gasteiger partial charge in [0.2, 0.25) is 5.88 Å². The number of carbonyl (C=O) groups is 2. The van der Waals surface area contributed by atoms with Crippen LogP contribution >= 0.6 is 11.3 Å². The van der Waals surface area contributed by atoms with Gasteiger partial charge in [-0.25, -0.2) is 0 Å². The predicted molar refractivity (Wildman–Crippen MR) is 110 cm³/mol. The number of thiazole rings is 1. The highest BCUT2D eigenvalue weighted by atomic mass is 32.1. The number of hydrogen-bond donors (Lipinski definition) is 3. The van der Waals surface area contributed by atoms with E-state index in [9.17, 15) is 9.59 Å². The summed E-state index contributed by atoms with van der Waals surface area (Å²) in [7, 11) is 3.08. The van der Waals surface area contributed by atoms with Gasteiger partial charge in [-0.05, 0) is 31.0 Å². The van der Waals surface area contributed by atoms with Gasteiger partial charge in [-0.3, -0.25) is 9.59 Å². The van der Waals surface area contributed by atoms with Gasteiger partial charge in [-0.2, -0.15) is 4.98 Å². The molecular weight excluding hydrogens is 412 g/mol. The number of rotatable bonds is 9. The van der Waals surface area contributed by atoms with E-state index in [0.717, 1.165) is 12.0 Å². The van der Waals surface area contributed by atoms with Crippen molar-refractivity contribution < 1.29 is 24.2 Å². The maximum absolute atomic E-state index is 12.8. The summed E-state index contributed by atoms with van der Waals surface area (Å²) in [5, 5.41) is 21.0. The molecule has 4 N–H and O–H groups in total. The van der Waals surface area contributed by atoms with Crippen LogP contribution in [0.5, 0.6) is 5.88 Å². The number of amides is 1. The van der Waals surface area contributed by atoms with Gasteiger partial charge < -0.3 is 30.5 Å². The fourth-order valence-electron chi connectivity index (χ4n) is 3.14. The maximum atomic E-state index is 12.8. The average molecular weight is 436 g/mol. The normalized spacial score (nSPS) is 16.0. The minimum atomic E-state index is -1.00. The molecule has 12 heteroatoms. The van der Waals surface area contributed by atoms with E-state index in [-0.39, 0.29) is 30.1 Å². The van der Waals surface area contributed by atoms with Crippen LogP contribution in [0, 0.1) is 0 Å². The Bertz CT molecular complexity index is 920. The van der Waals surface area contributed by atoms with Gasteiger partial charge in [0.05, 0.1) is 13.2 Å². The summed E-state index contributed by atoms with van der Waals surface area (Å²) in [5.41, 5.74) is 7.22. The van der Waals surface area contributed by atoms with Crippen LogP contribution in [0.1, 0.15) is 22.5 Å². The van der Waals surface area contributed by atoms with Crippen molar-refractivity contribution in [1.29, 1.82) is 0 Å². The number of hydrogen-bond acceptors (Lipinski definition) is 10. The molecule has 1 fully saturated rings. The third-order valence-electron chi connectivity index (χ3n) is 4.66. The summed E-state index contributed by atoms with van der Waals surface area (Å²) < 4.78 is 10.5. The Balaban J connectivity index is 1.88. The lowest BCUT2D eigenvalue weighted by Crippen LogP contribution is -2.31. The van der Waals surface area contributed by atoms with E-state index in [1.54, 1.807) is 18.1 Å². The topological polar surface area (TPSA) is 153 Å². The number of methoxy groups -OCH3 is 2. The van der Waals surface area contributed by atoms with Crippen molar-refractivity contribution in [1.82, 2.24) is 20.1 Å². The first kappa shape index (κ1) is 21.9. The Labute approximate surface area is 177 Å². The molecule has 0 aliphatic carbocycles. The van der Waals surface area contributed by atoms with Gasteiger partial charge in [0, 0.05) is 20.2 Å². The number of ether oxygens (including phenoxy) is 2. The van der Waals surface area contributed by atoms with Gasteiger partial charge in [-0.15, -0.1) is 10.2 Å². The number of likely N-dealkylation sites (tertiary alicyclic amines) is 1. The van der Waals surface area contributed by atoms with Crippen LogP contribution in [-0.2, 0) is 16.0 Å². The van der Waals surface area contributed by atoms with Crippen molar-refractivity contribution >= 4 is 28.2 Å². The lowest BCUT2D eigenvalue weighted by Gasteiger charge is -2.16. The zero-order valence-electron chi connectivity index (χ0n) is 16.8. The Morgan fingerprint density at radius 3 is 2.83 bits per heavy atom. The molecule has 1 atom stereocenters. The van der Waals surface area contributed by atoms with Crippen molar-refractivity contribution in [2.75, 3.05) is 45.7 Å². The van der Waals surface area contributed by atoms with Gasteiger partial charge in [0.25, 0.3) is 5.91 Å². The molecule has 30 heavy (non-hydrogen) atoms. The largest absolute Gasteiger partial charge is 0.480 e. The minimum absolute atomic E-state index is 0.0317. The molecular formula is C18H24N6O5S. The van der Waals surface area contributed by atoms with Crippen LogP contribution in [-0.4, -0.2) is 83.6 Å². The first-order valence-corrected chi connectivity index (χ1v) is 10.2. The lowest BCUT2D eigenvalue weighted by atomic mass is 10.1. The van der Waals surface area contributed by atoms with E-state index >= 15 is 0 Å². The van der Waals surface area contributed by atoms with E-state index in [4.69, 9.17) is 20.3 Å². The molecule has 0 saturated carbocycles. The van der Waals surface area contributed by atoms with E-state index < -0.39 is 5.97 Å². The smallest absolute Gasteiger partial charge is 0.322 e. The Morgan fingerprint density at radius 1 is 1.40 bits per heavy atom. The highest BCUT2D eigenvalue weighted by molar-refractivity contribution is 7.19. The summed E-state index contributed by atoms with van der Waals surface area (Å²) in [6, 6.07) is 1.69. The first-order valence-electron chi connectivity index (χ1n) is 9.36. The number of anilines is 1. The summed E-state index contributed by atoms with van der Waals surface area (Å²) >= 11 is 1.20. The Morgan fingerprint density at radius 2 is 2.20 bits per heavy atom. The number of nitrogens with two attached hydrogens (primary N) is 1. The molecule has 3 rings (SSSR count). The molecule has 162 valence electrons. The molecule has 2 aromatic heterocycles. The van der Waals surface area contributed by atoms with E-state index in [1.807, 2.05) is 0 Å². The molecule has 2 aromatic rings. The zero-order valence-corrected chi connectivity index (χ0v) is 17.6. The summed E-state index contributed by atoms with van der Waals surface area (Å²) in [6.45, 7) is 1.21. The van der Waals surface area contributed by atoms with Crippen LogP contribution in [0.2, 0.25) is 0 Å². The second kappa shape index (κ2) is 9.78. The summed E-state index contributed by atoms with van der Waals surface area (Å²) in [6.07, 6.45) is 1.30. The molecule has 1 saturated heterocycles. The van der Waals surface area contributed by atoms with Crippen LogP contribution in [0.15, 0.2) is 6.07 Å². The molecule has 1 unspecified atom stereocenters. The molecule has 0 aromatic carbocycles. The Hall–Kier alpha value is -2.83. The minimum Gasteiger partial charge on any atom is -0.480 e. The third-order valence-corrected chi connectivity index (χ3v) is 5.66. The number of carbonyl (C=O) groups excluding carboxylic acids is 1. The molecule has 1 amide bonds. The number of carboxylic acid groups (broad SMARTS) is 1. The molecule has 11 nitrogen and oxygen atoms in total. The third kappa shape index (κ3) is 4.83. The Kier molecular flexibility index (Phi) is 7.13. The van der Waals surface area contributed by atoms with Crippen molar-refractivity contribution in [2.45, 2.75) is 18.9 Å². The standard InChI is InChI=1S/C18H24N6O5S/c1-28-11-4-6-24(9-11)18(27)12-7-10(3-5-19)14(23-22-12)16-21-15(29-2)17(30-16)20-8-13(25)26/h7,11,20H,3-6,8-9,19H2,1-2H3,(H,25,26). The van der Waals surface area contributed by atoms with Crippen LogP contribution in [0.3, 0.4) is 0 Å². The highest BCUT2D eigenvalue weighted by Crippen LogP contribution is 2.37. The SMILES string of the molecule is COc1nc(-c2nnc(C(=O)N3CCC(OC)C3)cc2CCN)sc1NCC(=O)O. The average Bonchev–Trinajstić information content (AvgIpc) is 3.38. The maximum Gasteiger partial charge on any atom is 0.322 e. The van der Waals surface area contributed by atoms with Crippen molar-refractivity contribution in [3.63, 3.8) is 0 Å². The van der Waals surface area contributed by atoms with Crippen molar-refractivity contribution in [3.8, 4) is 16.6 Å². The summed E-state index contributed by atoms with van der Waals surface area (Å²) in [4.78, 5) is 29.7. The van der Waals surface area contributed by atoms with Crippen LogP contribution in [0.4, 0.5) is 5.00 Å². The molecule has 0 radical (unpaired) electrons. The van der Waals surface area contributed by atoms with Crippen LogP contribution < -0.4 is 15.8 Å². The fourth-order valence-corrected chi connectivity index (χ4v) is 4.09. The second-order valence-corrected chi connectivity index (χ2v) is 7.64. The van der Waals surface area contributed by atoms with Crippen molar-refractivity contribution in [3.05, 3.63) is 17.3 Å².